The molecule has 8 heteroatoms. The van der Waals surface area contributed by atoms with Gasteiger partial charge in [-0.15, -0.1) is 0 Å². The lowest BCUT2D eigenvalue weighted by atomic mass is 9.93. The second-order valence-electron chi connectivity index (χ2n) is 7.64. The van der Waals surface area contributed by atoms with Gasteiger partial charge in [0.1, 0.15) is 12.3 Å². The minimum atomic E-state index is -3.63. The van der Waals surface area contributed by atoms with Gasteiger partial charge in [0.05, 0.1) is 25.1 Å². The number of methoxy groups -OCH3 is 1. The van der Waals surface area contributed by atoms with Crippen LogP contribution in [0.15, 0.2) is 40.9 Å². The molecule has 0 aliphatic carbocycles. The number of carbonyl (C=O) groups is 1. The number of aryl methyl sites for hydroxylation is 1. The zero-order valence-corrected chi connectivity index (χ0v) is 20.6. The Morgan fingerprint density at radius 2 is 1.83 bits per heavy atom. The van der Waals surface area contributed by atoms with E-state index < -0.39 is 10.0 Å². The van der Waals surface area contributed by atoms with Crippen molar-refractivity contribution in [3.8, 4) is 5.75 Å². The van der Waals surface area contributed by atoms with Crippen LogP contribution in [0.2, 0.25) is 0 Å². The number of hydrogen-bond acceptors (Lipinski definition) is 4. The molecule has 2 aromatic rings. The van der Waals surface area contributed by atoms with Crippen LogP contribution in [-0.2, 0) is 14.8 Å². The molecule has 0 bridgehead atoms. The first kappa shape index (κ1) is 24.2. The van der Waals surface area contributed by atoms with E-state index in [-0.39, 0.29) is 24.4 Å². The fourth-order valence-electron chi connectivity index (χ4n) is 3.34. The van der Waals surface area contributed by atoms with Crippen molar-refractivity contribution in [3.05, 3.63) is 57.6 Å². The van der Waals surface area contributed by atoms with E-state index >= 15 is 0 Å². The van der Waals surface area contributed by atoms with Gasteiger partial charge in [-0.1, -0.05) is 35.8 Å². The monoisotopic (exact) mass is 496 g/mol. The summed E-state index contributed by atoms with van der Waals surface area (Å²) in [5.41, 5.74) is 3.46. The summed E-state index contributed by atoms with van der Waals surface area (Å²) in [5.74, 6) is 0.705. The van der Waals surface area contributed by atoms with Gasteiger partial charge in [-0.2, -0.15) is 0 Å². The Bertz CT molecular complexity index is 1020. The average molecular weight is 497 g/mol. The molecule has 164 valence electrons. The molecular formula is C22H29BrN2O4S. The van der Waals surface area contributed by atoms with Crippen molar-refractivity contribution in [2.45, 2.75) is 39.7 Å². The Morgan fingerprint density at radius 1 is 1.17 bits per heavy atom. The SMILES string of the molecule is COc1cc(C)c([C@@H](C)NC(=O)CN(c2cccc(Br)c2)S(C)(=O)=O)cc1C(C)C. The number of amides is 1. The molecule has 0 fully saturated rings. The van der Waals surface area contributed by atoms with Gasteiger partial charge < -0.3 is 10.1 Å². The number of rotatable bonds is 8. The molecule has 0 aliphatic rings. The second-order valence-corrected chi connectivity index (χ2v) is 10.5. The van der Waals surface area contributed by atoms with Gasteiger partial charge in [0, 0.05) is 4.47 Å². The maximum Gasteiger partial charge on any atom is 0.241 e. The van der Waals surface area contributed by atoms with Crippen molar-refractivity contribution in [2.75, 3.05) is 24.2 Å². The highest BCUT2D eigenvalue weighted by molar-refractivity contribution is 9.10. The van der Waals surface area contributed by atoms with Gasteiger partial charge in [0.2, 0.25) is 15.9 Å². The van der Waals surface area contributed by atoms with Crippen LogP contribution >= 0.6 is 15.9 Å². The third-order valence-electron chi connectivity index (χ3n) is 4.87. The number of nitrogens with one attached hydrogen (secondary N) is 1. The molecule has 2 rings (SSSR count). The van der Waals surface area contributed by atoms with E-state index in [1.54, 1.807) is 31.4 Å². The largest absolute Gasteiger partial charge is 0.496 e. The first-order chi connectivity index (χ1) is 13.9. The van der Waals surface area contributed by atoms with Crippen molar-refractivity contribution >= 4 is 37.5 Å². The van der Waals surface area contributed by atoms with Crippen LogP contribution in [0.25, 0.3) is 0 Å². The van der Waals surface area contributed by atoms with Gasteiger partial charge in [-0.3, -0.25) is 9.10 Å². The highest BCUT2D eigenvalue weighted by Crippen LogP contribution is 2.32. The number of carbonyl (C=O) groups excluding carboxylic acids is 1. The molecular weight excluding hydrogens is 468 g/mol. The molecule has 1 atom stereocenters. The fraction of sp³-hybridized carbons (Fsp3) is 0.409. The van der Waals surface area contributed by atoms with E-state index in [1.165, 1.54) is 0 Å². The predicted molar refractivity (Wildman–Crippen MR) is 125 cm³/mol. The summed E-state index contributed by atoms with van der Waals surface area (Å²) in [5, 5.41) is 2.93. The second kappa shape index (κ2) is 9.83. The molecule has 1 N–H and O–H groups in total. The maximum absolute atomic E-state index is 12.7. The molecule has 1 amide bonds. The minimum absolute atomic E-state index is 0.263. The van der Waals surface area contributed by atoms with Crippen molar-refractivity contribution in [1.29, 1.82) is 0 Å². The van der Waals surface area contributed by atoms with Gasteiger partial charge in [0.25, 0.3) is 0 Å². The quantitative estimate of drug-likeness (QED) is 0.582. The molecule has 0 unspecified atom stereocenters. The lowest BCUT2D eigenvalue weighted by molar-refractivity contribution is -0.120. The highest BCUT2D eigenvalue weighted by Gasteiger charge is 2.23. The first-order valence-electron chi connectivity index (χ1n) is 9.65. The molecule has 0 saturated heterocycles. The normalized spacial score (nSPS) is 12.5. The molecule has 0 aliphatic heterocycles. The van der Waals surface area contributed by atoms with Crippen LogP contribution in [0.1, 0.15) is 49.4 Å². The molecule has 0 spiro atoms. The lowest BCUT2D eigenvalue weighted by Crippen LogP contribution is -2.41. The molecule has 0 saturated carbocycles. The number of benzene rings is 2. The molecule has 2 aromatic carbocycles. The zero-order chi connectivity index (χ0) is 22.6. The van der Waals surface area contributed by atoms with Crippen molar-refractivity contribution in [3.63, 3.8) is 0 Å². The van der Waals surface area contributed by atoms with E-state index in [9.17, 15) is 13.2 Å². The lowest BCUT2D eigenvalue weighted by Gasteiger charge is -2.24. The van der Waals surface area contributed by atoms with Gasteiger partial charge in [0.15, 0.2) is 0 Å². The van der Waals surface area contributed by atoms with Crippen molar-refractivity contribution in [2.24, 2.45) is 0 Å². The summed E-state index contributed by atoms with van der Waals surface area (Å²) in [6.45, 7) is 7.73. The number of nitrogens with zero attached hydrogens (tertiary/aromatic N) is 1. The third kappa shape index (κ3) is 5.98. The zero-order valence-electron chi connectivity index (χ0n) is 18.2. The van der Waals surface area contributed by atoms with E-state index in [2.05, 4.69) is 35.1 Å². The first-order valence-corrected chi connectivity index (χ1v) is 12.3. The van der Waals surface area contributed by atoms with Gasteiger partial charge >= 0.3 is 0 Å². The summed E-state index contributed by atoms with van der Waals surface area (Å²) >= 11 is 3.34. The number of sulfonamides is 1. The Kier molecular flexibility index (Phi) is 7.93. The van der Waals surface area contributed by atoms with E-state index in [4.69, 9.17) is 4.74 Å². The van der Waals surface area contributed by atoms with Crippen LogP contribution in [0.4, 0.5) is 5.69 Å². The fourth-order valence-corrected chi connectivity index (χ4v) is 4.57. The van der Waals surface area contributed by atoms with Crippen LogP contribution in [0.5, 0.6) is 5.75 Å². The predicted octanol–water partition coefficient (Wildman–Crippen LogP) is 4.53. The minimum Gasteiger partial charge on any atom is -0.496 e. The summed E-state index contributed by atoms with van der Waals surface area (Å²) < 4.78 is 31.9. The number of halogens is 1. The van der Waals surface area contributed by atoms with Crippen LogP contribution in [0.3, 0.4) is 0 Å². The van der Waals surface area contributed by atoms with E-state index in [0.29, 0.717) is 5.69 Å². The number of ether oxygens (including phenoxy) is 1. The standard InChI is InChI=1S/C22H29BrN2O4S/c1-14(2)19-12-20(15(3)10-21(19)29-5)16(4)24-22(26)13-25(30(6,27)28)18-9-7-8-17(23)11-18/h7-12,14,16H,13H2,1-6H3,(H,24,26)/t16-/m1/s1. The molecule has 0 heterocycles. The Balaban J connectivity index is 2.25. The molecule has 30 heavy (non-hydrogen) atoms. The maximum atomic E-state index is 12.7. The summed E-state index contributed by atoms with van der Waals surface area (Å²) in [6.07, 6.45) is 1.09. The Morgan fingerprint density at radius 3 is 2.37 bits per heavy atom. The topological polar surface area (TPSA) is 75.7 Å². The average Bonchev–Trinajstić information content (AvgIpc) is 2.64. The molecule has 0 aromatic heterocycles. The third-order valence-corrected chi connectivity index (χ3v) is 6.50. The van der Waals surface area contributed by atoms with Gasteiger partial charge in [-0.25, -0.2) is 8.42 Å². The van der Waals surface area contributed by atoms with Crippen LogP contribution in [0, 0.1) is 6.92 Å². The number of anilines is 1. The Labute approximate surface area is 187 Å². The summed E-state index contributed by atoms with van der Waals surface area (Å²) in [6, 6.07) is 10.6. The molecule has 0 radical (unpaired) electrons. The molecule has 6 nitrogen and oxygen atoms in total. The van der Waals surface area contributed by atoms with Crippen LogP contribution < -0.4 is 14.4 Å². The Hall–Kier alpha value is -2.06. The van der Waals surface area contributed by atoms with Crippen molar-refractivity contribution < 1.29 is 17.9 Å². The van der Waals surface area contributed by atoms with Crippen molar-refractivity contribution in [1.82, 2.24) is 5.32 Å². The number of hydrogen-bond donors (Lipinski definition) is 1. The summed E-state index contributed by atoms with van der Waals surface area (Å²) in [7, 11) is -1.98. The van der Waals surface area contributed by atoms with E-state index in [0.717, 1.165) is 37.5 Å². The highest BCUT2D eigenvalue weighted by atomic mass is 79.9. The smallest absolute Gasteiger partial charge is 0.241 e. The summed E-state index contributed by atoms with van der Waals surface area (Å²) in [4.78, 5) is 12.7. The van der Waals surface area contributed by atoms with Gasteiger partial charge in [-0.05, 0) is 66.8 Å². The van der Waals surface area contributed by atoms with E-state index in [1.807, 2.05) is 26.0 Å². The van der Waals surface area contributed by atoms with Crippen LogP contribution in [-0.4, -0.2) is 34.2 Å².